The Kier molecular flexibility index (Phi) is 11.8. The summed E-state index contributed by atoms with van der Waals surface area (Å²) in [7, 11) is 0. The number of carboxylic acids is 2. The van der Waals surface area contributed by atoms with Gasteiger partial charge in [-0.3, -0.25) is 4.79 Å². The largest absolute Gasteiger partial charge is 0.481 e. The van der Waals surface area contributed by atoms with Crippen molar-refractivity contribution in [2.24, 2.45) is 5.41 Å². The van der Waals surface area contributed by atoms with Crippen LogP contribution >= 0.6 is 0 Å². The molecule has 1 atom stereocenters. The van der Waals surface area contributed by atoms with E-state index in [9.17, 15) is 9.59 Å². The van der Waals surface area contributed by atoms with E-state index in [1.807, 2.05) is 0 Å². The molecule has 1 fully saturated rings. The highest BCUT2D eigenvalue weighted by molar-refractivity contribution is 5.90. The van der Waals surface area contributed by atoms with Crippen LogP contribution in [0.2, 0.25) is 0 Å². The molecule has 0 saturated carbocycles. The standard InChI is InChI=1S/C14H29N.C9H10O4/c1-2-3-4-5-6-7-8-9-12-15-13-10-11-14-15;1-9(8(12)13)4-2-3-6(5-9)7(10)11/h2-14H2,1H3;2-4H,5H2,1H3,(H,10,11)(H,12,13). The molecule has 5 heteroatoms. The first-order valence-corrected chi connectivity index (χ1v) is 11.0. The first-order chi connectivity index (χ1) is 13.4. The van der Waals surface area contributed by atoms with Crippen molar-refractivity contribution in [3.8, 4) is 0 Å². The Morgan fingerprint density at radius 1 is 1.00 bits per heavy atom. The fourth-order valence-corrected chi connectivity index (χ4v) is 3.66. The van der Waals surface area contributed by atoms with Crippen molar-refractivity contribution in [2.75, 3.05) is 19.6 Å². The van der Waals surface area contributed by atoms with Gasteiger partial charge in [-0.25, -0.2) is 4.79 Å². The minimum Gasteiger partial charge on any atom is -0.481 e. The maximum atomic E-state index is 10.8. The Labute approximate surface area is 170 Å². The van der Waals surface area contributed by atoms with Gasteiger partial charge in [-0.2, -0.15) is 0 Å². The number of carbonyl (C=O) groups is 2. The van der Waals surface area contributed by atoms with Crippen LogP contribution in [0.25, 0.3) is 0 Å². The van der Waals surface area contributed by atoms with E-state index < -0.39 is 17.4 Å². The minimum absolute atomic E-state index is 0.0359. The second-order valence-corrected chi connectivity index (χ2v) is 8.28. The summed E-state index contributed by atoms with van der Waals surface area (Å²) >= 11 is 0. The monoisotopic (exact) mass is 393 g/mol. The molecule has 2 N–H and O–H groups in total. The molecule has 5 nitrogen and oxygen atoms in total. The van der Waals surface area contributed by atoms with E-state index in [2.05, 4.69) is 11.8 Å². The van der Waals surface area contributed by atoms with Gasteiger partial charge in [0.15, 0.2) is 0 Å². The van der Waals surface area contributed by atoms with Gasteiger partial charge in [0.05, 0.1) is 5.41 Å². The van der Waals surface area contributed by atoms with E-state index in [0.717, 1.165) is 0 Å². The molecule has 1 aliphatic carbocycles. The fraction of sp³-hybridized carbons (Fsp3) is 0.739. The van der Waals surface area contributed by atoms with Crippen LogP contribution in [0.3, 0.4) is 0 Å². The lowest BCUT2D eigenvalue weighted by atomic mass is 9.80. The summed E-state index contributed by atoms with van der Waals surface area (Å²) in [5, 5.41) is 17.5. The Balaban J connectivity index is 0.000000283. The van der Waals surface area contributed by atoms with E-state index in [1.54, 1.807) is 0 Å². The molecule has 2 rings (SSSR count). The molecule has 0 radical (unpaired) electrons. The molecule has 0 spiro atoms. The van der Waals surface area contributed by atoms with Gasteiger partial charge in [0.2, 0.25) is 0 Å². The molecule has 160 valence electrons. The highest BCUT2D eigenvalue weighted by atomic mass is 16.4. The summed E-state index contributed by atoms with van der Waals surface area (Å²) in [5.41, 5.74) is -0.949. The number of hydrogen-bond acceptors (Lipinski definition) is 3. The number of likely N-dealkylation sites (tertiary alicyclic amines) is 1. The highest BCUT2D eigenvalue weighted by Gasteiger charge is 2.34. The molecule has 28 heavy (non-hydrogen) atoms. The van der Waals surface area contributed by atoms with Crippen molar-refractivity contribution >= 4 is 11.9 Å². The molecule has 1 saturated heterocycles. The average Bonchev–Trinajstić information content (AvgIpc) is 3.18. The van der Waals surface area contributed by atoms with Crippen LogP contribution in [-0.2, 0) is 9.59 Å². The fourth-order valence-electron chi connectivity index (χ4n) is 3.66. The molecule has 1 aliphatic heterocycles. The molecule has 2 aliphatic rings. The molecule has 0 aromatic rings. The van der Waals surface area contributed by atoms with Crippen molar-refractivity contribution in [2.45, 2.75) is 84.5 Å². The number of unbranched alkanes of at least 4 members (excludes halogenated alkanes) is 7. The summed E-state index contributed by atoms with van der Waals surface area (Å²) in [6.07, 6.45) is 18.9. The average molecular weight is 394 g/mol. The van der Waals surface area contributed by atoms with Crippen LogP contribution < -0.4 is 0 Å². The molecule has 0 amide bonds. The SMILES string of the molecule is CC1(C(=O)O)C=CC=C(C(=O)O)C1.CCCCCCCCCCN1CCCC1. The van der Waals surface area contributed by atoms with Crippen LogP contribution in [0.5, 0.6) is 0 Å². The van der Waals surface area contributed by atoms with E-state index >= 15 is 0 Å². The van der Waals surface area contributed by atoms with Crippen LogP contribution in [0.1, 0.15) is 84.5 Å². The molecule has 0 aromatic heterocycles. The maximum absolute atomic E-state index is 10.8. The van der Waals surface area contributed by atoms with E-state index in [1.165, 1.54) is 109 Å². The zero-order valence-corrected chi connectivity index (χ0v) is 17.8. The third-order valence-electron chi connectivity index (χ3n) is 5.61. The van der Waals surface area contributed by atoms with E-state index in [0.29, 0.717) is 0 Å². The Bertz CT molecular complexity index is 535. The van der Waals surface area contributed by atoms with Gasteiger partial charge in [0.1, 0.15) is 0 Å². The lowest BCUT2D eigenvalue weighted by molar-refractivity contribution is -0.145. The topological polar surface area (TPSA) is 77.8 Å². The molecular weight excluding hydrogens is 354 g/mol. The van der Waals surface area contributed by atoms with Gasteiger partial charge in [-0.15, -0.1) is 0 Å². The summed E-state index contributed by atoms with van der Waals surface area (Å²) in [4.78, 5) is 24.0. The molecule has 1 unspecified atom stereocenters. The number of hydrogen-bond donors (Lipinski definition) is 2. The molecule has 0 bridgehead atoms. The van der Waals surface area contributed by atoms with Gasteiger partial charge in [0, 0.05) is 5.57 Å². The third kappa shape index (κ3) is 9.54. The second kappa shape index (κ2) is 13.5. The van der Waals surface area contributed by atoms with Gasteiger partial charge >= 0.3 is 11.9 Å². The Hall–Kier alpha value is -1.62. The van der Waals surface area contributed by atoms with Crippen LogP contribution in [0, 0.1) is 5.41 Å². The lowest BCUT2D eigenvalue weighted by Crippen LogP contribution is -2.28. The van der Waals surface area contributed by atoms with E-state index in [4.69, 9.17) is 10.2 Å². The van der Waals surface area contributed by atoms with Crippen LogP contribution in [-0.4, -0.2) is 46.7 Å². The third-order valence-corrected chi connectivity index (χ3v) is 5.61. The quantitative estimate of drug-likeness (QED) is 0.468. The summed E-state index contributed by atoms with van der Waals surface area (Å²) in [5.74, 6) is -2.06. The predicted molar refractivity (Wildman–Crippen MR) is 114 cm³/mol. The smallest absolute Gasteiger partial charge is 0.331 e. The van der Waals surface area contributed by atoms with Gasteiger partial charge in [-0.1, -0.05) is 70.1 Å². The zero-order chi connectivity index (χ0) is 20.8. The van der Waals surface area contributed by atoms with E-state index in [-0.39, 0.29) is 12.0 Å². The van der Waals surface area contributed by atoms with Crippen LogP contribution in [0.15, 0.2) is 23.8 Å². The Morgan fingerprint density at radius 2 is 1.57 bits per heavy atom. The van der Waals surface area contributed by atoms with Crippen molar-refractivity contribution in [3.63, 3.8) is 0 Å². The number of rotatable bonds is 11. The van der Waals surface area contributed by atoms with Crippen LogP contribution in [0.4, 0.5) is 0 Å². The minimum atomic E-state index is -1.08. The highest BCUT2D eigenvalue weighted by Crippen LogP contribution is 2.31. The van der Waals surface area contributed by atoms with Gasteiger partial charge in [-0.05, 0) is 52.2 Å². The lowest BCUT2D eigenvalue weighted by Gasteiger charge is -2.23. The summed E-state index contributed by atoms with van der Waals surface area (Å²) < 4.78 is 0. The number of allylic oxidation sites excluding steroid dienone is 2. The number of carboxylic acid groups (broad SMARTS) is 2. The maximum Gasteiger partial charge on any atom is 0.331 e. The number of aliphatic carboxylic acids is 2. The normalized spacial score (nSPS) is 21.7. The zero-order valence-electron chi connectivity index (χ0n) is 17.8. The number of nitrogens with zero attached hydrogens (tertiary/aromatic N) is 1. The van der Waals surface area contributed by atoms with Crippen molar-refractivity contribution in [1.29, 1.82) is 0 Å². The molecule has 1 heterocycles. The summed E-state index contributed by atoms with van der Waals surface area (Å²) in [6, 6.07) is 0. The Morgan fingerprint density at radius 3 is 2.11 bits per heavy atom. The predicted octanol–water partition coefficient (Wildman–Crippen LogP) is 5.27. The van der Waals surface area contributed by atoms with Gasteiger partial charge < -0.3 is 15.1 Å². The van der Waals surface area contributed by atoms with Crippen molar-refractivity contribution in [3.05, 3.63) is 23.8 Å². The van der Waals surface area contributed by atoms with Crippen molar-refractivity contribution in [1.82, 2.24) is 4.90 Å². The summed E-state index contributed by atoms with van der Waals surface area (Å²) in [6.45, 7) is 7.90. The molecular formula is C23H39NO4. The first-order valence-electron chi connectivity index (χ1n) is 11.0. The van der Waals surface area contributed by atoms with Crippen molar-refractivity contribution < 1.29 is 19.8 Å². The second-order valence-electron chi connectivity index (χ2n) is 8.28. The first kappa shape index (κ1) is 24.4. The van der Waals surface area contributed by atoms with Gasteiger partial charge in [0.25, 0.3) is 0 Å². The molecule has 0 aromatic carbocycles.